The molecule has 1 rings (SSSR count). The SMILES string of the molecule is C=CC(=O)O/C(C)=C/COC(C)(P)c1ccccc1. The molecule has 1 aromatic rings. The molecule has 0 N–H and O–H groups in total. The molecule has 0 aliphatic rings. The van der Waals surface area contributed by atoms with Gasteiger partial charge in [-0.25, -0.2) is 4.79 Å². The van der Waals surface area contributed by atoms with Crippen molar-refractivity contribution in [1.82, 2.24) is 0 Å². The van der Waals surface area contributed by atoms with Gasteiger partial charge in [0.15, 0.2) is 0 Å². The van der Waals surface area contributed by atoms with E-state index in [2.05, 4.69) is 15.8 Å². The maximum atomic E-state index is 11.0. The van der Waals surface area contributed by atoms with E-state index < -0.39 is 11.3 Å². The normalized spacial score (nSPS) is 14.6. The van der Waals surface area contributed by atoms with E-state index >= 15 is 0 Å². The Balaban J connectivity index is 2.54. The van der Waals surface area contributed by atoms with Crippen molar-refractivity contribution in [3.8, 4) is 0 Å². The Morgan fingerprint density at radius 1 is 1.42 bits per heavy atom. The van der Waals surface area contributed by atoms with E-state index in [1.807, 2.05) is 37.3 Å². The summed E-state index contributed by atoms with van der Waals surface area (Å²) in [5, 5.41) is -0.472. The zero-order chi connectivity index (χ0) is 14.3. The maximum Gasteiger partial charge on any atom is 0.335 e. The third-order valence-electron chi connectivity index (χ3n) is 2.53. The maximum absolute atomic E-state index is 11.0. The van der Waals surface area contributed by atoms with Crippen LogP contribution in [0.3, 0.4) is 0 Å². The van der Waals surface area contributed by atoms with Crippen molar-refractivity contribution in [3.63, 3.8) is 0 Å². The van der Waals surface area contributed by atoms with Crippen LogP contribution in [0.2, 0.25) is 0 Å². The first-order valence-electron chi connectivity index (χ1n) is 5.95. The Bertz CT molecular complexity index is 464. The van der Waals surface area contributed by atoms with Gasteiger partial charge in [0, 0.05) is 6.08 Å². The van der Waals surface area contributed by atoms with Crippen molar-refractivity contribution < 1.29 is 14.3 Å². The van der Waals surface area contributed by atoms with Crippen LogP contribution in [-0.4, -0.2) is 12.6 Å². The van der Waals surface area contributed by atoms with Crippen LogP contribution in [0.5, 0.6) is 0 Å². The van der Waals surface area contributed by atoms with Crippen LogP contribution < -0.4 is 0 Å². The molecule has 0 heterocycles. The van der Waals surface area contributed by atoms with E-state index in [1.165, 1.54) is 0 Å². The van der Waals surface area contributed by atoms with Crippen molar-refractivity contribution in [2.45, 2.75) is 19.2 Å². The minimum absolute atomic E-state index is 0.352. The first-order chi connectivity index (χ1) is 8.95. The summed E-state index contributed by atoms with van der Waals surface area (Å²) in [4.78, 5) is 11.0. The lowest BCUT2D eigenvalue weighted by Gasteiger charge is -2.25. The van der Waals surface area contributed by atoms with Crippen LogP contribution in [-0.2, 0) is 19.6 Å². The molecule has 0 bridgehead atoms. The van der Waals surface area contributed by atoms with Gasteiger partial charge in [0.1, 0.15) is 11.1 Å². The third kappa shape index (κ3) is 5.37. The number of carbonyl (C=O) groups is 1. The molecule has 0 aliphatic carbocycles. The summed E-state index contributed by atoms with van der Waals surface area (Å²) in [6, 6.07) is 9.90. The number of hydrogen-bond acceptors (Lipinski definition) is 3. The fourth-order valence-corrected chi connectivity index (χ4v) is 1.72. The molecule has 3 nitrogen and oxygen atoms in total. The van der Waals surface area contributed by atoms with Crippen LogP contribution in [0.25, 0.3) is 0 Å². The average molecular weight is 278 g/mol. The summed E-state index contributed by atoms with van der Waals surface area (Å²) < 4.78 is 10.7. The number of rotatable bonds is 6. The van der Waals surface area contributed by atoms with Gasteiger partial charge in [-0.1, -0.05) is 46.2 Å². The fourth-order valence-electron chi connectivity index (χ4n) is 1.43. The predicted octanol–water partition coefficient (Wildman–Crippen LogP) is 3.38. The summed E-state index contributed by atoms with van der Waals surface area (Å²) >= 11 is 0. The average Bonchev–Trinajstić information content (AvgIpc) is 2.39. The first-order valence-corrected chi connectivity index (χ1v) is 6.53. The number of benzene rings is 1. The number of esters is 1. The van der Waals surface area contributed by atoms with Crippen LogP contribution in [0, 0.1) is 0 Å². The van der Waals surface area contributed by atoms with Crippen molar-refractivity contribution in [2.24, 2.45) is 0 Å². The number of ether oxygens (including phenoxy) is 2. The Morgan fingerprint density at radius 2 is 2.05 bits per heavy atom. The van der Waals surface area contributed by atoms with Crippen molar-refractivity contribution in [1.29, 1.82) is 0 Å². The van der Waals surface area contributed by atoms with E-state index in [0.717, 1.165) is 11.6 Å². The van der Waals surface area contributed by atoms with Gasteiger partial charge < -0.3 is 9.47 Å². The highest BCUT2D eigenvalue weighted by Crippen LogP contribution is 2.32. The first kappa shape index (κ1) is 15.6. The van der Waals surface area contributed by atoms with Gasteiger partial charge in [-0.15, -0.1) is 0 Å². The number of carbonyl (C=O) groups excluding carboxylic acids is 1. The van der Waals surface area contributed by atoms with Gasteiger partial charge in [-0.05, 0) is 25.5 Å². The molecule has 2 unspecified atom stereocenters. The Labute approximate surface area is 116 Å². The summed E-state index contributed by atoms with van der Waals surface area (Å²) in [6.07, 6.45) is 2.84. The van der Waals surface area contributed by atoms with Gasteiger partial charge in [0.2, 0.25) is 0 Å². The predicted molar refractivity (Wildman–Crippen MR) is 79.5 cm³/mol. The molecule has 0 radical (unpaired) electrons. The van der Waals surface area contributed by atoms with Gasteiger partial charge in [0.25, 0.3) is 0 Å². The minimum atomic E-state index is -0.472. The monoisotopic (exact) mass is 278 g/mol. The van der Waals surface area contributed by atoms with Crippen LogP contribution in [0.4, 0.5) is 0 Å². The van der Waals surface area contributed by atoms with Crippen molar-refractivity contribution in [3.05, 3.63) is 60.4 Å². The highest BCUT2D eigenvalue weighted by Gasteiger charge is 2.20. The molecule has 1 aromatic carbocycles. The second-order valence-corrected chi connectivity index (χ2v) is 5.33. The standard InChI is InChI=1S/C15H19O3P/c1-4-14(16)18-12(2)10-11-17-15(3,19)13-8-6-5-7-9-13/h4-10H,1,11,19H2,2-3H3/b12-10+. The molecule has 2 atom stereocenters. The van der Waals surface area contributed by atoms with E-state index in [-0.39, 0.29) is 0 Å². The lowest BCUT2D eigenvalue weighted by molar-refractivity contribution is -0.133. The Morgan fingerprint density at radius 3 is 2.63 bits per heavy atom. The molecule has 0 saturated carbocycles. The second kappa shape index (κ2) is 7.22. The largest absolute Gasteiger partial charge is 0.428 e. The lowest BCUT2D eigenvalue weighted by atomic mass is 10.1. The Kier molecular flexibility index (Phi) is 5.94. The van der Waals surface area contributed by atoms with Crippen LogP contribution >= 0.6 is 9.24 Å². The molecule has 0 amide bonds. The summed E-state index contributed by atoms with van der Waals surface area (Å²) in [5.74, 6) is 0.0317. The molecule has 0 fully saturated rings. The molecule has 0 aliphatic heterocycles. The molecule has 0 aromatic heterocycles. The summed E-state index contributed by atoms with van der Waals surface area (Å²) in [6.45, 7) is 7.35. The fraction of sp³-hybridized carbons (Fsp3) is 0.267. The smallest absolute Gasteiger partial charge is 0.335 e. The topological polar surface area (TPSA) is 35.5 Å². The lowest BCUT2D eigenvalue weighted by Crippen LogP contribution is -2.18. The number of hydrogen-bond donors (Lipinski definition) is 0. The quantitative estimate of drug-likeness (QED) is 0.346. The van der Waals surface area contributed by atoms with Crippen LogP contribution in [0.15, 0.2) is 54.8 Å². The summed E-state index contributed by atoms with van der Waals surface area (Å²) in [5.41, 5.74) is 1.06. The van der Waals surface area contributed by atoms with E-state index in [0.29, 0.717) is 12.4 Å². The zero-order valence-corrected chi connectivity index (χ0v) is 12.4. The minimum Gasteiger partial charge on any atom is -0.428 e. The molecule has 19 heavy (non-hydrogen) atoms. The van der Waals surface area contributed by atoms with Gasteiger partial charge in [-0.2, -0.15) is 0 Å². The molecular weight excluding hydrogens is 259 g/mol. The molecule has 102 valence electrons. The number of allylic oxidation sites excluding steroid dienone is 1. The van der Waals surface area contributed by atoms with Crippen LogP contribution in [0.1, 0.15) is 19.4 Å². The summed E-state index contributed by atoms with van der Waals surface area (Å²) in [7, 11) is 2.68. The molecular formula is C15H19O3P. The van der Waals surface area contributed by atoms with E-state index in [4.69, 9.17) is 9.47 Å². The molecule has 4 heteroatoms. The highest BCUT2D eigenvalue weighted by atomic mass is 31.0. The third-order valence-corrected chi connectivity index (χ3v) is 3.03. The molecule has 0 spiro atoms. The van der Waals surface area contributed by atoms with Crippen molar-refractivity contribution in [2.75, 3.05) is 6.61 Å². The van der Waals surface area contributed by atoms with Gasteiger partial charge >= 0.3 is 5.97 Å². The zero-order valence-electron chi connectivity index (χ0n) is 11.3. The van der Waals surface area contributed by atoms with E-state index in [1.54, 1.807) is 13.0 Å². The second-order valence-electron chi connectivity index (χ2n) is 4.22. The van der Waals surface area contributed by atoms with E-state index in [9.17, 15) is 4.79 Å². The van der Waals surface area contributed by atoms with Gasteiger partial charge in [0.05, 0.1) is 6.61 Å². The molecule has 0 saturated heterocycles. The van der Waals surface area contributed by atoms with Gasteiger partial charge in [-0.3, -0.25) is 0 Å². The highest BCUT2D eigenvalue weighted by molar-refractivity contribution is 7.18. The van der Waals surface area contributed by atoms with Crippen molar-refractivity contribution >= 4 is 15.2 Å². The Hall–Kier alpha value is -1.44.